The average Bonchev–Trinajstić information content (AvgIpc) is 2.85. The van der Waals surface area contributed by atoms with E-state index in [4.69, 9.17) is 0 Å². The van der Waals surface area contributed by atoms with E-state index in [-0.39, 0.29) is 0 Å². The Hall–Kier alpha value is -1.29. The predicted octanol–water partition coefficient (Wildman–Crippen LogP) is 4.23. The van der Waals surface area contributed by atoms with E-state index in [1.165, 1.54) is 5.56 Å². The first-order valence-electron chi connectivity index (χ1n) is 6.27. The fourth-order valence-electron chi connectivity index (χ4n) is 1.93. The van der Waals surface area contributed by atoms with Gasteiger partial charge in [-0.25, -0.2) is 0 Å². The van der Waals surface area contributed by atoms with Gasteiger partial charge in [0.15, 0.2) is 0 Å². The number of nitrogens with zero attached hydrogens (tertiary/aromatic N) is 2. The fraction of sp³-hybridized carbons (Fsp3) is 0.357. The summed E-state index contributed by atoms with van der Waals surface area (Å²) in [7, 11) is 0. The Labute approximate surface area is 116 Å². The highest BCUT2D eigenvalue weighted by Gasteiger charge is 2.09. The molecule has 18 heavy (non-hydrogen) atoms. The second kappa shape index (κ2) is 6.05. The van der Waals surface area contributed by atoms with Crippen LogP contribution in [0.15, 0.2) is 41.1 Å². The maximum Gasteiger partial charge on any atom is 0.0731 e. The van der Waals surface area contributed by atoms with Crippen molar-refractivity contribution in [3.05, 3.63) is 46.7 Å². The SMILES string of the molecule is CCC(Nc1cnn(CC)c1)c1ccc(Br)cc1. The van der Waals surface area contributed by atoms with Crippen LogP contribution in [0, 0.1) is 0 Å². The van der Waals surface area contributed by atoms with Crippen molar-refractivity contribution >= 4 is 21.6 Å². The molecule has 1 heterocycles. The van der Waals surface area contributed by atoms with E-state index in [2.05, 4.69) is 64.5 Å². The van der Waals surface area contributed by atoms with E-state index in [0.29, 0.717) is 6.04 Å². The van der Waals surface area contributed by atoms with Crippen molar-refractivity contribution < 1.29 is 0 Å². The average molecular weight is 308 g/mol. The van der Waals surface area contributed by atoms with Crippen LogP contribution in [-0.2, 0) is 6.54 Å². The molecule has 1 N–H and O–H groups in total. The van der Waals surface area contributed by atoms with E-state index < -0.39 is 0 Å². The van der Waals surface area contributed by atoms with Gasteiger partial charge in [0, 0.05) is 17.2 Å². The van der Waals surface area contributed by atoms with Crippen LogP contribution < -0.4 is 5.32 Å². The Bertz CT molecular complexity index is 490. The lowest BCUT2D eigenvalue weighted by atomic mass is 10.0. The molecule has 0 amide bonds. The van der Waals surface area contributed by atoms with Crippen LogP contribution >= 0.6 is 15.9 Å². The van der Waals surface area contributed by atoms with Crippen molar-refractivity contribution in [3.63, 3.8) is 0 Å². The van der Waals surface area contributed by atoms with Gasteiger partial charge in [0.05, 0.1) is 17.9 Å². The smallest absolute Gasteiger partial charge is 0.0731 e. The van der Waals surface area contributed by atoms with Gasteiger partial charge < -0.3 is 5.32 Å². The van der Waals surface area contributed by atoms with Crippen molar-refractivity contribution in [2.24, 2.45) is 0 Å². The Kier molecular flexibility index (Phi) is 4.42. The third-order valence-corrected chi connectivity index (χ3v) is 3.51. The molecule has 0 saturated heterocycles. The van der Waals surface area contributed by atoms with Gasteiger partial charge in [-0.15, -0.1) is 0 Å². The third kappa shape index (κ3) is 3.13. The van der Waals surface area contributed by atoms with Crippen LogP contribution in [0.1, 0.15) is 31.9 Å². The molecule has 0 aliphatic rings. The van der Waals surface area contributed by atoms with Crippen molar-refractivity contribution in [1.29, 1.82) is 0 Å². The zero-order valence-electron chi connectivity index (χ0n) is 10.7. The van der Waals surface area contributed by atoms with Gasteiger partial charge in [-0.1, -0.05) is 35.0 Å². The van der Waals surface area contributed by atoms with Gasteiger partial charge in [-0.05, 0) is 31.0 Å². The second-order valence-electron chi connectivity index (χ2n) is 4.24. The quantitative estimate of drug-likeness (QED) is 0.896. The fourth-order valence-corrected chi connectivity index (χ4v) is 2.19. The minimum Gasteiger partial charge on any atom is -0.376 e. The van der Waals surface area contributed by atoms with Crippen LogP contribution in [0.4, 0.5) is 5.69 Å². The number of aromatic nitrogens is 2. The molecule has 0 bridgehead atoms. The summed E-state index contributed by atoms with van der Waals surface area (Å²) in [6.45, 7) is 5.17. The first-order chi connectivity index (χ1) is 8.72. The lowest BCUT2D eigenvalue weighted by Crippen LogP contribution is -2.09. The van der Waals surface area contributed by atoms with Gasteiger partial charge in [-0.3, -0.25) is 4.68 Å². The zero-order valence-corrected chi connectivity index (χ0v) is 12.3. The summed E-state index contributed by atoms with van der Waals surface area (Å²) in [5, 5.41) is 7.80. The Morgan fingerprint density at radius 1 is 1.28 bits per heavy atom. The van der Waals surface area contributed by atoms with E-state index in [1.807, 2.05) is 17.1 Å². The highest BCUT2D eigenvalue weighted by Crippen LogP contribution is 2.23. The molecule has 0 fully saturated rings. The summed E-state index contributed by atoms with van der Waals surface area (Å²) < 4.78 is 3.04. The van der Waals surface area contributed by atoms with E-state index in [9.17, 15) is 0 Å². The topological polar surface area (TPSA) is 29.9 Å². The lowest BCUT2D eigenvalue weighted by Gasteiger charge is -2.17. The van der Waals surface area contributed by atoms with Crippen molar-refractivity contribution in [2.75, 3.05) is 5.32 Å². The maximum atomic E-state index is 4.28. The summed E-state index contributed by atoms with van der Waals surface area (Å²) >= 11 is 3.46. The number of hydrogen-bond acceptors (Lipinski definition) is 2. The van der Waals surface area contributed by atoms with Gasteiger partial charge >= 0.3 is 0 Å². The van der Waals surface area contributed by atoms with E-state index >= 15 is 0 Å². The number of halogens is 1. The summed E-state index contributed by atoms with van der Waals surface area (Å²) in [6, 6.07) is 8.78. The molecule has 0 radical (unpaired) electrons. The van der Waals surface area contributed by atoms with Crippen molar-refractivity contribution in [3.8, 4) is 0 Å². The van der Waals surface area contributed by atoms with E-state index in [1.54, 1.807) is 0 Å². The number of anilines is 1. The molecule has 1 unspecified atom stereocenters. The lowest BCUT2D eigenvalue weighted by molar-refractivity contribution is 0.659. The number of nitrogens with one attached hydrogen (secondary N) is 1. The molecule has 0 aliphatic carbocycles. The Morgan fingerprint density at radius 3 is 2.56 bits per heavy atom. The summed E-state index contributed by atoms with van der Waals surface area (Å²) in [6.07, 6.45) is 4.96. The third-order valence-electron chi connectivity index (χ3n) is 2.98. The standard InChI is InChI=1S/C14H18BrN3/c1-3-14(11-5-7-12(15)8-6-11)17-13-9-16-18(4-2)10-13/h5-10,14,17H,3-4H2,1-2H3. The number of benzene rings is 1. The molecular formula is C14H18BrN3. The highest BCUT2D eigenvalue weighted by atomic mass is 79.9. The predicted molar refractivity (Wildman–Crippen MR) is 78.7 cm³/mol. The van der Waals surface area contributed by atoms with Gasteiger partial charge in [-0.2, -0.15) is 5.10 Å². The van der Waals surface area contributed by atoms with Crippen molar-refractivity contribution in [2.45, 2.75) is 32.9 Å². The normalized spacial score (nSPS) is 12.4. The Balaban J connectivity index is 2.11. The molecule has 0 saturated carbocycles. The molecule has 1 atom stereocenters. The molecule has 96 valence electrons. The molecule has 0 spiro atoms. The van der Waals surface area contributed by atoms with Gasteiger partial charge in [0.2, 0.25) is 0 Å². The largest absolute Gasteiger partial charge is 0.376 e. The minimum atomic E-state index is 0.326. The summed E-state index contributed by atoms with van der Waals surface area (Å²) in [5.74, 6) is 0. The molecule has 2 aromatic rings. The highest BCUT2D eigenvalue weighted by molar-refractivity contribution is 9.10. The first-order valence-corrected chi connectivity index (χ1v) is 7.06. The maximum absolute atomic E-state index is 4.28. The monoisotopic (exact) mass is 307 g/mol. The molecule has 3 nitrogen and oxygen atoms in total. The van der Waals surface area contributed by atoms with Crippen LogP contribution in [0.25, 0.3) is 0 Å². The molecular weight excluding hydrogens is 290 g/mol. The first kappa shape index (κ1) is 13.1. The number of aryl methyl sites for hydroxylation is 1. The van der Waals surface area contributed by atoms with Crippen LogP contribution in [-0.4, -0.2) is 9.78 Å². The molecule has 4 heteroatoms. The molecule has 1 aromatic heterocycles. The number of rotatable bonds is 5. The minimum absolute atomic E-state index is 0.326. The molecule has 1 aromatic carbocycles. The second-order valence-corrected chi connectivity index (χ2v) is 5.16. The molecule has 0 aliphatic heterocycles. The number of hydrogen-bond donors (Lipinski definition) is 1. The van der Waals surface area contributed by atoms with Crippen molar-refractivity contribution in [1.82, 2.24) is 9.78 Å². The summed E-state index contributed by atoms with van der Waals surface area (Å²) in [5.41, 5.74) is 2.37. The molecule has 2 rings (SSSR count). The summed E-state index contributed by atoms with van der Waals surface area (Å²) in [4.78, 5) is 0. The van der Waals surface area contributed by atoms with Gasteiger partial charge in [0.25, 0.3) is 0 Å². The zero-order chi connectivity index (χ0) is 13.0. The van der Waals surface area contributed by atoms with Crippen LogP contribution in [0.3, 0.4) is 0 Å². The van der Waals surface area contributed by atoms with Crippen LogP contribution in [0.5, 0.6) is 0 Å². The van der Waals surface area contributed by atoms with Gasteiger partial charge in [0.1, 0.15) is 0 Å². The van der Waals surface area contributed by atoms with E-state index in [0.717, 1.165) is 23.1 Å². The van der Waals surface area contributed by atoms with Crippen LogP contribution in [0.2, 0.25) is 0 Å². The Morgan fingerprint density at radius 2 is 2.00 bits per heavy atom.